The largest absolute Gasteiger partial charge is 0.331 e. The van der Waals surface area contributed by atoms with Crippen LogP contribution in [0.25, 0.3) is 0 Å². The van der Waals surface area contributed by atoms with E-state index in [1.807, 2.05) is 20.9 Å². The summed E-state index contributed by atoms with van der Waals surface area (Å²) in [6.45, 7) is 3.65. The molecule has 0 saturated carbocycles. The minimum atomic E-state index is 0.00926. The van der Waals surface area contributed by atoms with E-state index in [9.17, 15) is 4.79 Å². The van der Waals surface area contributed by atoms with Crippen molar-refractivity contribution >= 4 is 5.78 Å². The highest BCUT2D eigenvalue weighted by atomic mass is 16.1. The van der Waals surface area contributed by atoms with Crippen molar-refractivity contribution in [3.8, 4) is 0 Å². The summed E-state index contributed by atoms with van der Waals surface area (Å²) in [4.78, 5) is 15.4. The zero-order valence-electron chi connectivity index (χ0n) is 7.53. The fraction of sp³-hybridized carbons (Fsp3) is 0.333. The molecule has 64 valence electrons. The van der Waals surface area contributed by atoms with E-state index in [1.165, 1.54) is 0 Å². The van der Waals surface area contributed by atoms with Crippen LogP contribution in [0, 0.1) is 6.92 Å². The number of imidazole rings is 1. The lowest BCUT2D eigenvalue weighted by molar-refractivity contribution is 0.103. The molecule has 0 amide bonds. The van der Waals surface area contributed by atoms with Crippen molar-refractivity contribution < 1.29 is 4.79 Å². The Balaban J connectivity index is 3.09. The van der Waals surface area contributed by atoms with Gasteiger partial charge in [0.15, 0.2) is 0 Å². The number of allylic oxidation sites excluding steroid dienone is 2. The van der Waals surface area contributed by atoms with Gasteiger partial charge in [0, 0.05) is 7.05 Å². The van der Waals surface area contributed by atoms with Gasteiger partial charge >= 0.3 is 0 Å². The average molecular weight is 164 g/mol. The normalized spacial score (nSPS) is 10.9. The third kappa shape index (κ3) is 1.44. The number of nitrogens with zero attached hydrogens (tertiary/aromatic N) is 2. The van der Waals surface area contributed by atoms with E-state index >= 15 is 0 Å². The number of ketones is 1. The van der Waals surface area contributed by atoms with Gasteiger partial charge in [0.25, 0.3) is 0 Å². The summed E-state index contributed by atoms with van der Waals surface area (Å²) < 4.78 is 1.73. The van der Waals surface area contributed by atoms with E-state index < -0.39 is 0 Å². The molecule has 1 aromatic rings. The summed E-state index contributed by atoms with van der Waals surface area (Å²) in [6.07, 6.45) is 4.92. The number of rotatable bonds is 2. The van der Waals surface area contributed by atoms with Gasteiger partial charge in [-0.25, -0.2) is 4.98 Å². The van der Waals surface area contributed by atoms with Gasteiger partial charge in [-0.3, -0.25) is 4.79 Å². The molecule has 0 aromatic carbocycles. The van der Waals surface area contributed by atoms with Gasteiger partial charge in [0.2, 0.25) is 5.78 Å². The lowest BCUT2D eigenvalue weighted by atomic mass is 10.2. The first-order chi connectivity index (χ1) is 5.66. The van der Waals surface area contributed by atoms with Crippen molar-refractivity contribution in [2.75, 3.05) is 0 Å². The first kappa shape index (κ1) is 8.71. The van der Waals surface area contributed by atoms with E-state index in [0.717, 1.165) is 5.69 Å². The zero-order valence-corrected chi connectivity index (χ0v) is 7.53. The van der Waals surface area contributed by atoms with Gasteiger partial charge in [-0.1, -0.05) is 6.08 Å². The fourth-order valence-electron chi connectivity index (χ4n) is 1.13. The number of carbonyl (C=O) groups is 1. The average Bonchev–Trinajstić information content (AvgIpc) is 2.32. The molecule has 1 aromatic heterocycles. The SMILES string of the molecule is C/C=C\C(=O)c1c(C)ncn1C. The third-order valence-corrected chi connectivity index (χ3v) is 1.67. The van der Waals surface area contributed by atoms with Crippen LogP contribution >= 0.6 is 0 Å². The Labute approximate surface area is 71.7 Å². The lowest BCUT2D eigenvalue weighted by Crippen LogP contribution is -2.03. The van der Waals surface area contributed by atoms with E-state index in [-0.39, 0.29) is 5.78 Å². The molecule has 0 bridgehead atoms. The predicted octanol–water partition coefficient (Wildman–Crippen LogP) is 1.49. The highest BCUT2D eigenvalue weighted by Gasteiger charge is 2.09. The molecule has 3 nitrogen and oxygen atoms in total. The Morgan fingerprint density at radius 3 is 2.75 bits per heavy atom. The van der Waals surface area contributed by atoms with E-state index in [4.69, 9.17) is 0 Å². The summed E-state index contributed by atoms with van der Waals surface area (Å²) in [6, 6.07) is 0. The van der Waals surface area contributed by atoms with Crippen molar-refractivity contribution in [3.05, 3.63) is 29.9 Å². The molecule has 0 aliphatic rings. The first-order valence-electron chi connectivity index (χ1n) is 3.81. The molecule has 0 radical (unpaired) electrons. The molecule has 0 N–H and O–H groups in total. The van der Waals surface area contributed by atoms with E-state index in [2.05, 4.69) is 4.98 Å². The first-order valence-corrected chi connectivity index (χ1v) is 3.81. The minimum absolute atomic E-state index is 0.00926. The Bertz CT molecular complexity index is 304. The van der Waals surface area contributed by atoms with Gasteiger partial charge in [-0.2, -0.15) is 0 Å². The van der Waals surface area contributed by atoms with Crippen LogP contribution in [0.5, 0.6) is 0 Å². The van der Waals surface area contributed by atoms with Crippen LogP contribution in [0.15, 0.2) is 18.5 Å². The zero-order chi connectivity index (χ0) is 9.14. The molecule has 0 aliphatic heterocycles. The number of aryl methyl sites for hydroxylation is 2. The molecular weight excluding hydrogens is 152 g/mol. The topological polar surface area (TPSA) is 34.9 Å². The van der Waals surface area contributed by atoms with Crippen LogP contribution < -0.4 is 0 Å². The molecule has 12 heavy (non-hydrogen) atoms. The standard InChI is InChI=1S/C9H12N2O/c1-4-5-8(12)9-7(2)10-6-11(9)3/h4-6H,1-3H3/b5-4-. The van der Waals surface area contributed by atoms with Crippen LogP contribution in [-0.4, -0.2) is 15.3 Å². The molecule has 0 fully saturated rings. The van der Waals surface area contributed by atoms with Crippen molar-refractivity contribution in [1.82, 2.24) is 9.55 Å². The van der Waals surface area contributed by atoms with Crippen LogP contribution in [-0.2, 0) is 7.05 Å². The smallest absolute Gasteiger partial charge is 0.203 e. The molecule has 0 atom stereocenters. The quantitative estimate of drug-likeness (QED) is 0.490. The van der Waals surface area contributed by atoms with Gasteiger partial charge in [-0.15, -0.1) is 0 Å². The molecule has 0 spiro atoms. The molecule has 0 unspecified atom stereocenters. The molecular formula is C9H12N2O. The maximum absolute atomic E-state index is 11.4. The van der Waals surface area contributed by atoms with Crippen LogP contribution in [0.1, 0.15) is 23.1 Å². The minimum Gasteiger partial charge on any atom is -0.331 e. The maximum atomic E-state index is 11.4. The third-order valence-electron chi connectivity index (χ3n) is 1.67. The van der Waals surface area contributed by atoms with Gasteiger partial charge in [0.05, 0.1) is 12.0 Å². The highest BCUT2D eigenvalue weighted by Crippen LogP contribution is 2.05. The van der Waals surface area contributed by atoms with Gasteiger partial charge < -0.3 is 4.57 Å². The molecule has 0 saturated heterocycles. The summed E-state index contributed by atoms with van der Waals surface area (Å²) in [7, 11) is 1.82. The van der Waals surface area contributed by atoms with Crippen molar-refractivity contribution in [3.63, 3.8) is 0 Å². The Morgan fingerprint density at radius 2 is 2.33 bits per heavy atom. The van der Waals surface area contributed by atoms with E-state index in [0.29, 0.717) is 5.69 Å². The number of hydrogen-bond donors (Lipinski definition) is 0. The number of carbonyl (C=O) groups excluding carboxylic acids is 1. The van der Waals surface area contributed by atoms with Crippen molar-refractivity contribution in [1.29, 1.82) is 0 Å². The fourth-order valence-corrected chi connectivity index (χ4v) is 1.13. The summed E-state index contributed by atoms with van der Waals surface area (Å²) in [5.74, 6) is 0.00926. The van der Waals surface area contributed by atoms with Gasteiger partial charge in [-0.05, 0) is 19.9 Å². The lowest BCUT2D eigenvalue weighted by Gasteiger charge is -1.97. The summed E-state index contributed by atoms with van der Waals surface area (Å²) >= 11 is 0. The van der Waals surface area contributed by atoms with Crippen LogP contribution in [0.4, 0.5) is 0 Å². The predicted molar refractivity (Wildman–Crippen MR) is 47.1 cm³/mol. The summed E-state index contributed by atoms with van der Waals surface area (Å²) in [5, 5.41) is 0. The maximum Gasteiger partial charge on any atom is 0.203 e. The van der Waals surface area contributed by atoms with Crippen LogP contribution in [0.3, 0.4) is 0 Å². The monoisotopic (exact) mass is 164 g/mol. The Kier molecular flexibility index (Phi) is 2.43. The van der Waals surface area contributed by atoms with E-state index in [1.54, 1.807) is 23.0 Å². The molecule has 1 heterocycles. The van der Waals surface area contributed by atoms with Crippen molar-refractivity contribution in [2.45, 2.75) is 13.8 Å². The number of aromatic nitrogens is 2. The Hall–Kier alpha value is -1.38. The van der Waals surface area contributed by atoms with Crippen molar-refractivity contribution in [2.24, 2.45) is 7.05 Å². The highest BCUT2D eigenvalue weighted by molar-refractivity contribution is 6.03. The summed E-state index contributed by atoms with van der Waals surface area (Å²) in [5.41, 5.74) is 1.44. The molecule has 0 aliphatic carbocycles. The second-order valence-electron chi connectivity index (χ2n) is 2.65. The second-order valence-corrected chi connectivity index (χ2v) is 2.65. The molecule has 1 rings (SSSR count). The number of hydrogen-bond acceptors (Lipinski definition) is 2. The Morgan fingerprint density at radius 1 is 1.67 bits per heavy atom. The van der Waals surface area contributed by atoms with Gasteiger partial charge in [0.1, 0.15) is 5.69 Å². The van der Waals surface area contributed by atoms with Crippen LogP contribution in [0.2, 0.25) is 0 Å². The molecule has 3 heteroatoms. The second kappa shape index (κ2) is 3.34.